The van der Waals surface area contributed by atoms with Crippen molar-refractivity contribution in [1.29, 1.82) is 0 Å². The van der Waals surface area contributed by atoms with Crippen molar-refractivity contribution in [3.8, 4) is 0 Å². The molecule has 19 heavy (non-hydrogen) atoms. The Morgan fingerprint density at radius 1 is 1.26 bits per heavy atom. The normalized spacial score (nSPS) is 26.9. The lowest BCUT2D eigenvalue weighted by Crippen LogP contribution is -2.46. The second-order valence-electron chi connectivity index (χ2n) is 5.85. The summed E-state index contributed by atoms with van der Waals surface area (Å²) in [5.74, 6) is 5.38. The number of likely N-dealkylation sites (tertiary alicyclic amines) is 1. The van der Waals surface area contributed by atoms with Gasteiger partial charge in [-0.15, -0.1) is 0 Å². The largest absolute Gasteiger partial charge is 0.323 e. The van der Waals surface area contributed by atoms with Crippen LogP contribution in [0.3, 0.4) is 0 Å². The van der Waals surface area contributed by atoms with Crippen molar-refractivity contribution in [3.05, 3.63) is 0 Å². The minimum absolute atomic E-state index is 0.325. The van der Waals surface area contributed by atoms with Crippen LogP contribution in [0, 0.1) is 0 Å². The summed E-state index contributed by atoms with van der Waals surface area (Å²) in [4.78, 5) is 6.63. The number of nitrogens with zero attached hydrogens (tertiary/aromatic N) is 3. The highest BCUT2D eigenvalue weighted by molar-refractivity contribution is 6.34. The van der Waals surface area contributed by atoms with Crippen molar-refractivity contribution < 1.29 is 4.39 Å². The van der Waals surface area contributed by atoms with Crippen LogP contribution in [0.5, 0.6) is 0 Å². The molecule has 1 saturated heterocycles. The van der Waals surface area contributed by atoms with Gasteiger partial charge in [0, 0.05) is 38.2 Å². The third kappa shape index (κ3) is 3.75. The second kappa shape index (κ2) is 6.46. The van der Waals surface area contributed by atoms with Crippen LogP contribution < -0.4 is 5.84 Å². The summed E-state index contributed by atoms with van der Waals surface area (Å²) in [6.07, 6.45) is 8.47. The molecule has 5 heteroatoms. The standard InChI is InChI=1S/C14H25FN4/c1-19-9-7-14(15,8-10-19)13(18-16)11-17-12-5-3-2-4-6-12/h11-12H,2-10,16H2,1H3/b17-11?,18-13+. The fourth-order valence-corrected chi connectivity index (χ4v) is 2.90. The van der Waals surface area contributed by atoms with Gasteiger partial charge in [0.15, 0.2) is 5.67 Å². The lowest BCUT2D eigenvalue weighted by atomic mass is 9.89. The summed E-state index contributed by atoms with van der Waals surface area (Å²) < 4.78 is 14.8. The van der Waals surface area contributed by atoms with Crippen molar-refractivity contribution in [2.24, 2.45) is 15.9 Å². The average molecular weight is 268 g/mol. The van der Waals surface area contributed by atoms with Gasteiger partial charge in [-0.05, 0) is 19.9 Å². The third-order valence-electron chi connectivity index (χ3n) is 4.36. The number of alkyl halides is 1. The fraction of sp³-hybridized carbons (Fsp3) is 0.857. The lowest BCUT2D eigenvalue weighted by molar-refractivity contribution is 0.131. The van der Waals surface area contributed by atoms with Crippen molar-refractivity contribution >= 4 is 11.9 Å². The number of nitrogens with two attached hydrogens (primary N) is 1. The van der Waals surface area contributed by atoms with E-state index in [-0.39, 0.29) is 0 Å². The maximum absolute atomic E-state index is 14.8. The van der Waals surface area contributed by atoms with Crippen molar-refractivity contribution in [2.75, 3.05) is 20.1 Å². The molecule has 4 nitrogen and oxygen atoms in total. The molecule has 2 N–H and O–H groups in total. The zero-order valence-corrected chi connectivity index (χ0v) is 11.8. The molecule has 0 bridgehead atoms. The molecule has 0 aromatic carbocycles. The van der Waals surface area contributed by atoms with Crippen molar-refractivity contribution in [3.63, 3.8) is 0 Å². The summed E-state index contributed by atoms with van der Waals surface area (Å²) >= 11 is 0. The zero-order valence-electron chi connectivity index (χ0n) is 11.8. The predicted octanol–water partition coefficient (Wildman–Crippen LogP) is 2.14. The molecule has 1 aliphatic carbocycles. The molecular formula is C14H25FN4. The van der Waals surface area contributed by atoms with E-state index in [2.05, 4.69) is 15.0 Å². The molecule has 2 rings (SSSR count). The van der Waals surface area contributed by atoms with Crippen LogP contribution in [0.4, 0.5) is 4.39 Å². The van der Waals surface area contributed by atoms with Crippen LogP contribution in [0.25, 0.3) is 0 Å². The van der Waals surface area contributed by atoms with Crippen LogP contribution >= 0.6 is 0 Å². The van der Waals surface area contributed by atoms with Gasteiger partial charge in [0.25, 0.3) is 0 Å². The van der Waals surface area contributed by atoms with Crippen molar-refractivity contribution in [2.45, 2.75) is 56.7 Å². The monoisotopic (exact) mass is 268 g/mol. The van der Waals surface area contributed by atoms with E-state index in [4.69, 9.17) is 5.84 Å². The topological polar surface area (TPSA) is 54.0 Å². The molecular weight excluding hydrogens is 243 g/mol. The van der Waals surface area contributed by atoms with Gasteiger partial charge in [-0.2, -0.15) is 5.10 Å². The van der Waals surface area contributed by atoms with Gasteiger partial charge in [-0.25, -0.2) is 4.39 Å². The molecule has 108 valence electrons. The molecule has 0 atom stereocenters. The number of aliphatic imine (C=N–C) groups is 1. The molecule has 0 amide bonds. The van der Waals surface area contributed by atoms with E-state index in [1.54, 1.807) is 6.21 Å². The molecule has 0 unspecified atom stereocenters. The predicted molar refractivity (Wildman–Crippen MR) is 77.6 cm³/mol. The van der Waals surface area contributed by atoms with Crippen molar-refractivity contribution in [1.82, 2.24) is 4.90 Å². The van der Waals surface area contributed by atoms with E-state index in [1.807, 2.05) is 7.05 Å². The zero-order chi connectivity index (χ0) is 13.7. The number of rotatable bonds is 3. The number of halogens is 1. The van der Waals surface area contributed by atoms with E-state index in [0.717, 1.165) is 25.9 Å². The summed E-state index contributed by atoms with van der Waals surface area (Å²) in [5, 5.41) is 3.67. The Morgan fingerprint density at radius 3 is 2.47 bits per heavy atom. The molecule has 1 saturated carbocycles. The van der Waals surface area contributed by atoms with E-state index < -0.39 is 5.67 Å². The molecule has 0 aromatic heterocycles. The summed E-state index contributed by atoms with van der Waals surface area (Å²) in [7, 11) is 2.01. The SMILES string of the molecule is CN1CCC(F)(/C(C=NC2CCCCC2)=N/N)CC1. The van der Waals surface area contributed by atoms with Crippen LogP contribution in [-0.4, -0.2) is 48.7 Å². The lowest BCUT2D eigenvalue weighted by Gasteiger charge is -2.34. The van der Waals surface area contributed by atoms with Gasteiger partial charge in [0.1, 0.15) is 5.71 Å². The van der Waals surface area contributed by atoms with Crippen LogP contribution in [0.2, 0.25) is 0 Å². The van der Waals surface area contributed by atoms with E-state index in [9.17, 15) is 4.39 Å². The Hall–Kier alpha value is -0.970. The molecule has 0 aromatic rings. The first-order valence-corrected chi connectivity index (χ1v) is 7.33. The Balaban J connectivity index is 1.97. The van der Waals surface area contributed by atoms with Gasteiger partial charge in [-0.1, -0.05) is 19.3 Å². The highest BCUT2D eigenvalue weighted by Crippen LogP contribution is 2.27. The van der Waals surface area contributed by atoms with Crippen LogP contribution in [-0.2, 0) is 0 Å². The van der Waals surface area contributed by atoms with E-state index in [0.29, 0.717) is 24.6 Å². The number of hydrogen-bond acceptors (Lipinski definition) is 4. The Kier molecular flexibility index (Phi) is 4.91. The molecule has 1 aliphatic heterocycles. The number of hydrogen-bond donors (Lipinski definition) is 1. The Labute approximate surface area is 114 Å². The van der Waals surface area contributed by atoms with E-state index in [1.165, 1.54) is 19.3 Å². The molecule has 0 radical (unpaired) electrons. The average Bonchev–Trinajstić information content (AvgIpc) is 2.44. The summed E-state index contributed by atoms with van der Waals surface area (Å²) in [6, 6.07) is 0.334. The van der Waals surface area contributed by atoms with Gasteiger partial charge < -0.3 is 10.7 Å². The second-order valence-corrected chi connectivity index (χ2v) is 5.85. The van der Waals surface area contributed by atoms with Gasteiger partial charge in [0.05, 0.1) is 0 Å². The number of piperidine rings is 1. The van der Waals surface area contributed by atoms with E-state index >= 15 is 0 Å². The third-order valence-corrected chi connectivity index (χ3v) is 4.36. The van der Waals surface area contributed by atoms with Gasteiger partial charge in [-0.3, -0.25) is 4.99 Å². The summed E-state index contributed by atoms with van der Waals surface area (Å²) in [6.45, 7) is 1.49. The Morgan fingerprint density at radius 2 is 1.89 bits per heavy atom. The minimum Gasteiger partial charge on any atom is -0.323 e. The first-order valence-electron chi connectivity index (χ1n) is 7.33. The molecule has 1 heterocycles. The fourth-order valence-electron chi connectivity index (χ4n) is 2.90. The summed E-state index contributed by atoms with van der Waals surface area (Å²) in [5.41, 5.74) is -1.06. The molecule has 2 fully saturated rings. The first-order chi connectivity index (χ1) is 9.14. The maximum Gasteiger partial charge on any atom is 0.158 e. The highest BCUT2D eigenvalue weighted by atomic mass is 19.1. The van der Waals surface area contributed by atoms with Gasteiger partial charge >= 0.3 is 0 Å². The Bertz CT molecular complexity index is 339. The number of hydrazone groups is 1. The first kappa shape index (κ1) is 14.4. The van der Waals surface area contributed by atoms with Crippen LogP contribution in [0.15, 0.2) is 10.1 Å². The quantitative estimate of drug-likeness (QED) is 0.484. The smallest absolute Gasteiger partial charge is 0.158 e. The highest BCUT2D eigenvalue weighted by Gasteiger charge is 2.38. The molecule has 0 spiro atoms. The maximum atomic E-state index is 14.8. The van der Waals surface area contributed by atoms with Gasteiger partial charge in [0.2, 0.25) is 0 Å². The van der Waals surface area contributed by atoms with Crippen LogP contribution in [0.1, 0.15) is 44.9 Å². The molecule has 2 aliphatic rings. The minimum atomic E-state index is -1.39.